The largest absolute Gasteiger partial charge is 0.491 e. The number of hydrogen-bond acceptors (Lipinski definition) is 11. The molecule has 1 aromatic heterocycles. The van der Waals surface area contributed by atoms with Crippen molar-refractivity contribution in [2.45, 2.75) is 46.8 Å². The van der Waals surface area contributed by atoms with Gasteiger partial charge in [-0.1, -0.05) is 6.07 Å². The van der Waals surface area contributed by atoms with Crippen molar-refractivity contribution in [3.63, 3.8) is 0 Å². The van der Waals surface area contributed by atoms with Gasteiger partial charge in [-0.15, -0.1) is 0 Å². The second-order valence-corrected chi connectivity index (χ2v) is 13.9. The van der Waals surface area contributed by atoms with Crippen molar-refractivity contribution < 1.29 is 40.9 Å². The number of aromatic nitrogens is 1. The Balaban J connectivity index is 1.08. The Morgan fingerprint density at radius 3 is 2.70 bits per heavy atom. The van der Waals surface area contributed by atoms with E-state index in [1.54, 1.807) is 12.1 Å². The quantitative estimate of drug-likeness (QED) is 0.340. The predicted molar refractivity (Wildman–Crippen MR) is 142 cm³/mol. The molecule has 2 aromatic rings. The van der Waals surface area contributed by atoms with Crippen molar-refractivity contribution >= 4 is 20.0 Å². The maximum atomic E-state index is 13.2. The molecule has 2 saturated heterocycles. The highest BCUT2D eigenvalue weighted by atomic mass is 32.2. The van der Waals surface area contributed by atoms with Crippen molar-refractivity contribution in [3.8, 4) is 17.4 Å². The molecule has 3 aliphatic rings. The van der Waals surface area contributed by atoms with E-state index in [1.165, 1.54) is 35.7 Å². The highest BCUT2D eigenvalue weighted by molar-refractivity contribution is 7.89. The second-order valence-electron chi connectivity index (χ2n) is 10.0. The summed E-state index contributed by atoms with van der Waals surface area (Å²) in [7, 11) is -6.00. The number of rotatable bonds is 10. The van der Waals surface area contributed by atoms with Crippen molar-refractivity contribution in [1.82, 2.24) is 19.3 Å². The number of benzene rings is 1. The number of sulfonamides is 2. The number of piperidine rings is 1. The van der Waals surface area contributed by atoms with Gasteiger partial charge in [0, 0.05) is 37.8 Å². The molecule has 0 amide bonds. The van der Waals surface area contributed by atoms with E-state index in [2.05, 4.69) is 15.0 Å². The Morgan fingerprint density at radius 2 is 1.93 bits per heavy atom. The molecule has 1 aromatic carbocycles. The fourth-order valence-electron chi connectivity index (χ4n) is 5.07. The molecule has 3 N–H and O–H groups in total. The van der Waals surface area contributed by atoms with Crippen LogP contribution in [0.3, 0.4) is 0 Å². The Kier molecular flexibility index (Phi) is 8.52. The van der Waals surface area contributed by atoms with Crippen LogP contribution in [0.25, 0.3) is 0 Å². The molecule has 0 bridgehead atoms. The van der Waals surface area contributed by atoms with Crippen LogP contribution in [-0.4, -0.2) is 102 Å². The molecule has 0 saturated carbocycles. The lowest BCUT2D eigenvalue weighted by molar-refractivity contribution is -0.0312. The van der Waals surface area contributed by atoms with Gasteiger partial charge >= 0.3 is 0 Å². The summed E-state index contributed by atoms with van der Waals surface area (Å²) in [6.07, 6.45) is 2.28. The van der Waals surface area contributed by atoms with E-state index in [1.807, 2.05) is 0 Å². The molecule has 2 atom stereocenters. The maximum Gasteiger partial charge on any atom is 0.257 e. The van der Waals surface area contributed by atoms with E-state index < -0.39 is 31.8 Å². The number of fused-ring (bicyclic) bond motifs is 1. The third-order valence-corrected chi connectivity index (χ3v) is 10.6. The standard InChI is InChI=1S/C25H34N4O9S2/c1-26-39(31,32)21-4-2-3-20(11-21)37-17-19(30)14-27-18-13-25(38-16-18)5-7-29(8-6-25)40(33,34)22-12-23-24(28-15-22)36-10-9-35-23/h2-4,11-12,15,18-19,26-27,30H,5-10,13-14,16-17H2,1H3/t18-,19+/m1/s1. The van der Waals surface area contributed by atoms with E-state index in [-0.39, 0.29) is 29.0 Å². The summed E-state index contributed by atoms with van der Waals surface area (Å²) in [6.45, 7) is 2.06. The summed E-state index contributed by atoms with van der Waals surface area (Å²) in [5.74, 6) is 0.968. The molecule has 15 heteroatoms. The Labute approximate surface area is 233 Å². The van der Waals surface area contributed by atoms with Gasteiger partial charge in [-0.25, -0.2) is 26.5 Å². The molecule has 13 nitrogen and oxygen atoms in total. The van der Waals surface area contributed by atoms with Crippen molar-refractivity contribution in [2.75, 3.05) is 53.1 Å². The second kappa shape index (κ2) is 11.8. The van der Waals surface area contributed by atoms with E-state index in [4.69, 9.17) is 18.9 Å². The van der Waals surface area contributed by atoms with Gasteiger partial charge in [0.25, 0.3) is 5.88 Å². The Morgan fingerprint density at radius 1 is 1.15 bits per heavy atom. The molecule has 2 fully saturated rings. The van der Waals surface area contributed by atoms with Crippen LogP contribution < -0.4 is 24.2 Å². The van der Waals surface area contributed by atoms with Crippen molar-refractivity contribution in [2.24, 2.45) is 0 Å². The van der Waals surface area contributed by atoms with Gasteiger partial charge in [0.15, 0.2) is 5.75 Å². The molecule has 4 heterocycles. The predicted octanol–water partition coefficient (Wildman–Crippen LogP) is 0.103. The van der Waals surface area contributed by atoms with Crippen LogP contribution >= 0.6 is 0 Å². The molecule has 3 aliphatic heterocycles. The number of pyridine rings is 1. The van der Waals surface area contributed by atoms with E-state index in [0.29, 0.717) is 69.6 Å². The summed E-state index contributed by atoms with van der Waals surface area (Å²) in [5, 5.41) is 13.7. The van der Waals surface area contributed by atoms with Gasteiger partial charge in [0.05, 0.1) is 23.3 Å². The molecule has 0 aliphatic carbocycles. The Bertz CT molecular complexity index is 1410. The first-order chi connectivity index (χ1) is 19.1. The van der Waals surface area contributed by atoms with Gasteiger partial charge in [0.1, 0.15) is 36.6 Å². The summed E-state index contributed by atoms with van der Waals surface area (Å²) >= 11 is 0. The SMILES string of the molecule is CNS(=O)(=O)c1cccc(OC[C@@H](O)CN[C@H]2COC3(CCN(S(=O)(=O)c4cnc5c(c4)OCCO5)CC3)C2)c1. The van der Waals surface area contributed by atoms with Crippen LogP contribution in [0.5, 0.6) is 17.4 Å². The zero-order chi connectivity index (χ0) is 28.4. The van der Waals surface area contributed by atoms with E-state index >= 15 is 0 Å². The lowest BCUT2D eigenvalue weighted by atomic mass is 9.88. The van der Waals surface area contributed by atoms with Gasteiger partial charge in [-0.05, 0) is 38.4 Å². The topological polar surface area (TPSA) is 166 Å². The first-order valence-corrected chi connectivity index (χ1v) is 16.0. The van der Waals surface area contributed by atoms with Gasteiger partial charge in [0.2, 0.25) is 20.0 Å². The normalized spacial score (nSPS) is 21.8. The summed E-state index contributed by atoms with van der Waals surface area (Å²) in [6, 6.07) is 7.52. The van der Waals surface area contributed by atoms with Crippen molar-refractivity contribution in [1.29, 1.82) is 0 Å². The number of aliphatic hydroxyl groups excluding tert-OH is 1. The minimum atomic E-state index is -3.74. The third-order valence-electron chi connectivity index (χ3n) is 7.32. The van der Waals surface area contributed by atoms with E-state index in [0.717, 1.165) is 0 Å². The first kappa shape index (κ1) is 29.0. The molecular formula is C25H34N4O9S2. The van der Waals surface area contributed by atoms with Gasteiger partial charge in [-0.3, -0.25) is 0 Å². The number of nitrogens with zero attached hydrogens (tertiary/aromatic N) is 2. The number of aliphatic hydroxyl groups is 1. The number of hydrogen-bond donors (Lipinski definition) is 3. The maximum absolute atomic E-state index is 13.2. The number of ether oxygens (including phenoxy) is 4. The summed E-state index contributed by atoms with van der Waals surface area (Å²) in [5.41, 5.74) is -0.421. The van der Waals surface area contributed by atoms with Crippen LogP contribution in [0, 0.1) is 0 Å². The average molecular weight is 599 g/mol. The molecule has 5 rings (SSSR count). The highest BCUT2D eigenvalue weighted by Gasteiger charge is 2.45. The fraction of sp³-hybridized carbons (Fsp3) is 0.560. The molecule has 220 valence electrons. The zero-order valence-corrected chi connectivity index (χ0v) is 23.7. The van der Waals surface area contributed by atoms with Crippen LogP contribution in [0.2, 0.25) is 0 Å². The molecule has 0 radical (unpaired) electrons. The minimum absolute atomic E-state index is 0.00361. The van der Waals surface area contributed by atoms with Gasteiger partial charge in [-0.2, -0.15) is 4.31 Å². The average Bonchev–Trinajstić information content (AvgIpc) is 3.37. The minimum Gasteiger partial charge on any atom is -0.491 e. The lowest BCUT2D eigenvalue weighted by Crippen LogP contribution is -2.47. The van der Waals surface area contributed by atoms with Gasteiger partial charge < -0.3 is 29.4 Å². The monoisotopic (exact) mass is 598 g/mol. The van der Waals surface area contributed by atoms with E-state index in [9.17, 15) is 21.9 Å². The molecule has 0 unspecified atom stereocenters. The number of nitrogens with one attached hydrogen (secondary N) is 2. The highest BCUT2D eigenvalue weighted by Crippen LogP contribution is 2.38. The fourth-order valence-corrected chi connectivity index (χ4v) is 7.23. The summed E-state index contributed by atoms with van der Waals surface area (Å²) in [4.78, 5) is 4.26. The Hall–Kier alpha value is -2.53. The first-order valence-electron chi connectivity index (χ1n) is 13.1. The molecule has 1 spiro atoms. The molecular weight excluding hydrogens is 564 g/mol. The van der Waals surface area contributed by atoms with Crippen LogP contribution in [0.1, 0.15) is 19.3 Å². The van der Waals surface area contributed by atoms with Crippen LogP contribution in [0.4, 0.5) is 0 Å². The third kappa shape index (κ3) is 6.35. The lowest BCUT2D eigenvalue weighted by Gasteiger charge is -2.38. The zero-order valence-electron chi connectivity index (χ0n) is 22.1. The van der Waals surface area contributed by atoms with Crippen molar-refractivity contribution in [3.05, 3.63) is 36.5 Å². The van der Waals surface area contributed by atoms with Crippen LogP contribution in [0.15, 0.2) is 46.3 Å². The van der Waals surface area contributed by atoms with Crippen LogP contribution in [-0.2, 0) is 24.8 Å². The smallest absolute Gasteiger partial charge is 0.257 e. The molecule has 40 heavy (non-hydrogen) atoms. The summed E-state index contributed by atoms with van der Waals surface area (Å²) < 4.78 is 76.7.